The molecule has 0 fully saturated rings. The summed E-state index contributed by atoms with van der Waals surface area (Å²) in [7, 11) is 0. The van der Waals surface area contributed by atoms with Crippen molar-refractivity contribution in [2.45, 2.75) is 0 Å². The maximum Gasteiger partial charge on any atom is 0.0986 e. The minimum absolute atomic E-state index is 1.00. The van der Waals surface area contributed by atoms with Crippen molar-refractivity contribution in [2.75, 3.05) is 4.72 Å². The van der Waals surface area contributed by atoms with Crippen molar-refractivity contribution in [1.82, 2.24) is 4.98 Å². The third-order valence-corrected chi connectivity index (χ3v) is 3.05. The lowest BCUT2D eigenvalue weighted by atomic mass is 10.3. The molecule has 1 N–H and O–H groups in total. The van der Waals surface area contributed by atoms with E-state index in [1.54, 1.807) is 17.5 Å². The fourth-order valence-electron chi connectivity index (χ4n) is 1.04. The lowest BCUT2D eigenvalue weighted by Crippen LogP contribution is -1.75. The number of pyridine rings is 1. The monoisotopic (exact) mass is 208 g/mol. The fraction of sp³-hybridized carbons (Fsp3) is 0. The van der Waals surface area contributed by atoms with Gasteiger partial charge in [0.2, 0.25) is 0 Å². The van der Waals surface area contributed by atoms with Gasteiger partial charge in [0.25, 0.3) is 0 Å². The van der Waals surface area contributed by atoms with E-state index in [2.05, 4.69) is 22.5 Å². The number of rotatable bonds is 2. The van der Waals surface area contributed by atoms with Crippen molar-refractivity contribution in [3.63, 3.8) is 0 Å². The average Bonchev–Trinajstić information content (AvgIpc) is 2.67. The molecule has 0 aliphatic carbocycles. The summed E-state index contributed by atoms with van der Waals surface area (Å²) in [5.74, 6) is 0. The molecule has 2 rings (SSSR count). The van der Waals surface area contributed by atoms with Crippen molar-refractivity contribution < 1.29 is 0 Å². The summed E-state index contributed by atoms with van der Waals surface area (Å²) in [4.78, 5) is 5.40. The summed E-state index contributed by atoms with van der Waals surface area (Å²) in [6, 6.07) is 9.91. The molecule has 2 aromatic heterocycles. The van der Waals surface area contributed by atoms with Crippen LogP contribution in [0.4, 0.5) is 5.00 Å². The zero-order valence-electron chi connectivity index (χ0n) is 6.77. The summed E-state index contributed by atoms with van der Waals surface area (Å²) in [6.45, 7) is 0. The number of aromatic nitrogens is 1. The van der Waals surface area contributed by atoms with Crippen LogP contribution in [0.15, 0.2) is 36.5 Å². The molecule has 0 amide bonds. The third-order valence-electron chi connectivity index (χ3n) is 1.63. The van der Waals surface area contributed by atoms with Crippen LogP contribution in [0.3, 0.4) is 0 Å². The molecule has 4 heteroatoms. The van der Waals surface area contributed by atoms with Crippen LogP contribution in [0.25, 0.3) is 10.6 Å². The van der Waals surface area contributed by atoms with Crippen molar-refractivity contribution in [3.05, 3.63) is 36.5 Å². The Hall–Kier alpha value is -1.00. The zero-order chi connectivity index (χ0) is 9.10. The number of hydrogen-bond acceptors (Lipinski definition) is 4. The van der Waals surface area contributed by atoms with Crippen molar-refractivity contribution in [2.24, 2.45) is 0 Å². The highest BCUT2D eigenvalue weighted by Gasteiger charge is 2.01. The van der Waals surface area contributed by atoms with Crippen molar-refractivity contribution in [1.29, 1.82) is 0 Å². The summed E-state index contributed by atoms with van der Waals surface area (Å²) in [6.07, 6.45) is 1.79. The van der Waals surface area contributed by atoms with Gasteiger partial charge in [0, 0.05) is 6.20 Å². The Morgan fingerprint density at radius 1 is 1.23 bits per heavy atom. The summed E-state index contributed by atoms with van der Waals surface area (Å²) in [5.41, 5.74) is 1.00. The Kier molecular flexibility index (Phi) is 2.52. The van der Waals surface area contributed by atoms with E-state index in [9.17, 15) is 0 Å². The molecule has 2 heterocycles. The number of anilines is 1. The molecule has 2 nitrogen and oxygen atoms in total. The fourth-order valence-corrected chi connectivity index (χ4v) is 2.04. The van der Waals surface area contributed by atoms with Gasteiger partial charge in [0.1, 0.15) is 0 Å². The molecule has 0 radical (unpaired) electrons. The number of thiophene rings is 1. The van der Waals surface area contributed by atoms with Crippen LogP contribution in [0.2, 0.25) is 0 Å². The molecule has 13 heavy (non-hydrogen) atoms. The normalized spacial score (nSPS) is 9.92. The smallest absolute Gasteiger partial charge is 0.0986 e. The van der Waals surface area contributed by atoms with Gasteiger partial charge in [-0.1, -0.05) is 18.9 Å². The molecular weight excluding hydrogens is 200 g/mol. The summed E-state index contributed by atoms with van der Waals surface area (Å²) < 4.78 is 2.80. The van der Waals surface area contributed by atoms with Gasteiger partial charge in [-0.2, -0.15) is 0 Å². The number of hydrogen-bond donors (Lipinski definition) is 2. The first-order valence-electron chi connectivity index (χ1n) is 3.81. The van der Waals surface area contributed by atoms with Crippen LogP contribution in [-0.4, -0.2) is 4.98 Å². The molecule has 2 aromatic rings. The maximum absolute atomic E-state index is 4.25. The molecule has 0 unspecified atom stereocenters. The third kappa shape index (κ3) is 1.84. The summed E-state index contributed by atoms with van der Waals surface area (Å²) in [5, 5.41) is 1.03. The second-order valence-corrected chi connectivity index (χ2v) is 3.80. The molecule has 0 spiro atoms. The first kappa shape index (κ1) is 8.59. The van der Waals surface area contributed by atoms with E-state index in [-0.39, 0.29) is 0 Å². The van der Waals surface area contributed by atoms with Gasteiger partial charge in [-0.3, -0.25) is 4.98 Å². The SMILES string of the molecule is SNc1ccc(-c2ccccn2)s1. The van der Waals surface area contributed by atoms with Crippen LogP contribution >= 0.6 is 24.2 Å². The topological polar surface area (TPSA) is 24.9 Å². The minimum atomic E-state index is 1.00. The predicted molar refractivity (Wildman–Crippen MR) is 60.2 cm³/mol. The van der Waals surface area contributed by atoms with E-state index >= 15 is 0 Å². The first-order valence-corrected chi connectivity index (χ1v) is 5.08. The van der Waals surface area contributed by atoms with Gasteiger partial charge in [-0.15, -0.1) is 11.3 Å². The van der Waals surface area contributed by atoms with Crippen LogP contribution in [0, 0.1) is 0 Å². The van der Waals surface area contributed by atoms with Crippen LogP contribution < -0.4 is 4.72 Å². The van der Waals surface area contributed by atoms with Gasteiger partial charge < -0.3 is 4.72 Å². The Bertz CT molecular complexity index is 384. The van der Waals surface area contributed by atoms with Crippen LogP contribution in [-0.2, 0) is 0 Å². The quantitative estimate of drug-likeness (QED) is 0.741. The minimum Gasteiger partial charge on any atom is -0.324 e. The van der Waals surface area contributed by atoms with E-state index in [4.69, 9.17) is 0 Å². The number of nitrogens with one attached hydrogen (secondary N) is 1. The average molecular weight is 208 g/mol. The number of nitrogens with zero attached hydrogens (tertiary/aromatic N) is 1. The molecule has 0 aromatic carbocycles. The maximum atomic E-state index is 4.25. The molecule has 0 saturated carbocycles. The van der Waals surface area contributed by atoms with Gasteiger partial charge in [0.05, 0.1) is 15.6 Å². The second kappa shape index (κ2) is 3.81. The molecule has 0 bridgehead atoms. The molecule has 0 aliphatic heterocycles. The van der Waals surface area contributed by atoms with E-state index < -0.39 is 0 Å². The van der Waals surface area contributed by atoms with E-state index in [1.165, 1.54) is 0 Å². The van der Waals surface area contributed by atoms with Gasteiger partial charge in [-0.25, -0.2) is 0 Å². The highest BCUT2D eigenvalue weighted by atomic mass is 32.1. The van der Waals surface area contributed by atoms with Crippen LogP contribution in [0.1, 0.15) is 0 Å². The highest BCUT2D eigenvalue weighted by Crippen LogP contribution is 2.29. The lowest BCUT2D eigenvalue weighted by molar-refractivity contribution is 1.34. The van der Waals surface area contributed by atoms with E-state index in [0.29, 0.717) is 0 Å². The predicted octanol–water partition coefficient (Wildman–Crippen LogP) is 3.07. The zero-order valence-corrected chi connectivity index (χ0v) is 8.48. The highest BCUT2D eigenvalue weighted by molar-refractivity contribution is 7.82. The molecular formula is C9H8N2S2. The standard InChI is InChI=1S/C9H8N2S2/c12-11-9-5-4-8(13-9)7-3-1-2-6-10-7/h1-6,11-12H. The van der Waals surface area contributed by atoms with E-state index in [1.807, 2.05) is 30.3 Å². The number of thiol groups is 1. The Labute approximate surface area is 86.2 Å². The Morgan fingerprint density at radius 2 is 2.15 bits per heavy atom. The molecule has 0 atom stereocenters. The van der Waals surface area contributed by atoms with Gasteiger partial charge in [0.15, 0.2) is 0 Å². The molecule has 0 aliphatic rings. The second-order valence-electron chi connectivity index (χ2n) is 2.49. The van der Waals surface area contributed by atoms with Crippen molar-refractivity contribution in [3.8, 4) is 10.6 Å². The van der Waals surface area contributed by atoms with E-state index in [0.717, 1.165) is 15.6 Å². The van der Waals surface area contributed by atoms with Gasteiger partial charge in [-0.05, 0) is 24.3 Å². The Balaban J connectivity index is 2.36. The molecule has 66 valence electrons. The van der Waals surface area contributed by atoms with Crippen LogP contribution in [0.5, 0.6) is 0 Å². The lowest BCUT2D eigenvalue weighted by Gasteiger charge is -1.93. The largest absolute Gasteiger partial charge is 0.324 e. The van der Waals surface area contributed by atoms with Gasteiger partial charge >= 0.3 is 0 Å². The Morgan fingerprint density at radius 3 is 2.77 bits per heavy atom. The summed E-state index contributed by atoms with van der Waals surface area (Å²) >= 11 is 5.61. The van der Waals surface area contributed by atoms with Crippen molar-refractivity contribution >= 4 is 29.2 Å². The first-order chi connectivity index (χ1) is 6.40. The molecule has 0 saturated heterocycles.